The van der Waals surface area contributed by atoms with Crippen molar-refractivity contribution in [3.8, 4) is 11.4 Å². The number of amides is 1. The summed E-state index contributed by atoms with van der Waals surface area (Å²) < 4.78 is 7.68. The second-order valence-electron chi connectivity index (χ2n) is 11.7. The highest BCUT2D eigenvalue weighted by Gasteiger charge is 2.31. The summed E-state index contributed by atoms with van der Waals surface area (Å²) in [5, 5.41) is 24.6. The number of carbonyl (C=O) groups excluding carboxylic acids is 2. The van der Waals surface area contributed by atoms with E-state index in [2.05, 4.69) is 22.4 Å². The number of primary amides is 1. The second kappa shape index (κ2) is 17.9. The van der Waals surface area contributed by atoms with E-state index in [-0.39, 0.29) is 22.3 Å². The first-order valence-electron chi connectivity index (χ1n) is 16.3. The Hall–Kier alpha value is -3.63. The fourth-order valence-corrected chi connectivity index (χ4v) is 6.76. The topological polar surface area (TPSA) is 133 Å². The van der Waals surface area contributed by atoms with E-state index in [1.807, 2.05) is 37.3 Å². The summed E-state index contributed by atoms with van der Waals surface area (Å²) >= 11 is 7.40. The summed E-state index contributed by atoms with van der Waals surface area (Å²) in [5.74, 6) is -2.05. The molecule has 1 heterocycles. The van der Waals surface area contributed by atoms with Crippen molar-refractivity contribution < 1.29 is 19.4 Å². The van der Waals surface area contributed by atoms with Crippen LogP contribution in [0.15, 0.2) is 64.6 Å². The normalized spacial score (nSPS) is 12.7. The number of esters is 1. The minimum Gasteiger partial charge on any atom is -0.506 e. The third kappa shape index (κ3) is 9.45. The van der Waals surface area contributed by atoms with Gasteiger partial charge in [-0.2, -0.15) is 4.68 Å². The van der Waals surface area contributed by atoms with Gasteiger partial charge >= 0.3 is 5.97 Å². The number of fused-ring (bicyclic) bond motifs is 1. The first-order valence-corrected chi connectivity index (χ1v) is 17.5. The van der Waals surface area contributed by atoms with Crippen molar-refractivity contribution in [2.45, 2.75) is 112 Å². The molecule has 0 spiro atoms. The van der Waals surface area contributed by atoms with Gasteiger partial charge in [0.05, 0.1) is 16.8 Å². The Kier molecular flexibility index (Phi) is 13.7. The van der Waals surface area contributed by atoms with Crippen LogP contribution in [0.4, 0.5) is 0 Å². The molecule has 0 saturated heterocycles. The van der Waals surface area contributed by atoms with Crippen molar-refractivity contribution in [2.24, 2.45) is 5.73 Å². The Balaban J connectivity index is 1.63. The number of nitrogens with two attached hydrogens (primary N) is 1. The highest BCUT2D eigenvalue weighted by Crippen LogP contribution is 2.43. The minimum absolute atomic E-state index is 0.0850. The third-order valence-corrected chi connectivity index (χ3v) is 9.30. The number of aromatic nitrogens is 4. The molecule has 0 bridgehead atoms. The first-order chi connectivity index (χ1) is 22.3. The average Bonchev–Trinajstić information content (AvgIpc) is 3.52. The van der Waals surface area contributed by atoms with Crippen LogP contribution in [-0.2, 0) is 4.74 Å². The van der Waals surface area contributed by atoms with Crippen molar-refractivity contribution in [3.63, 3.8) is 0 Å². The van der Waals surface area contributed by atoms with Crippen molar-refractivity contribution in [2.75, 3.05) is 0 Å². The summed E-state index contributed by atoms with van der Waals surface area (Å²) in [5.41, 5.74) is 6.14. The average molecular weight is 666 g/mol. The van der Waals surface area contributed by atoms with Crippen LogP contribution < -0.4 is 5.73 Å². The van der Waals surface area contributed by atoms with E-state index in [0.717, 1.165) is 31.0 Å². The maximum Gasteiger partial charge on any atom is 0.340 e. The molecule has 4 aromatic rings. The van der Waals surface area contributed by atoms with Crippen LogP contribution in [0.5, 0.6) is 5.75 Å². The number of phenols is 1. The zero-order valence-corrected chi connectivity index (χ0v) is 28.2. The van der Waals surface area contributed by atoms with Crippen LogP contribution in [0.1, 0.15) is 112 Å². The van der Waals surface area contributed by atoms with E-state index >= 15 is 0 Å². The summed E-state index contributed by atoms with van der Waals surface area (Å²) in [7, 11) is 0. The van der Waals surface area contributed by atoms with Gasteiger partial charge in [-0.1, -0.05) is 101 Å². The van der Waals surface area contributed by atoms with E-state index in [1.54, 1.807) is 28.9 Å². The zero-order chi connectivity index (χ0) is 32.9. The molecule has 0 aliphatic carbocycles. The molecule has 9 nitrogen and oxygen atoms in total. The monoisotopic (exact) mass is 665 g/mol. The standard InChI is InChI=1S/C35H44ClN5O4S/c1-3-4-5-6-7-8-9-10-14-19-26(23-22-24(2)36)45-34(44)30-29(33(37)43)31(42)27-20-15-16-21-28(27)32(30)46-35-38-39-40-41(35)25-17-12-11-13-18-25/h11-13,15-18,20-21,24,26,42H,3-10,14,19,22-23H2,1-2H3,(H2,37,43). The van der Waals surface area contributed by atoms with Gasteiger partial charge in [0.15, 0.2) is 0 Å². The maximum absolute atomic E-state index is 14.1. The van der Waals surface area contributed by atoms with Gasteiger partial charge in [0.25, 0.3) is 5.91 Å². The molecule has 3 N–H and O–H groups in total. The third-order valence-electron chi connectivity index (χ3n) is 8.02. The lowest BCUT2D eigenvalue weighted by molar-refractivity contribution is 0.0244. The molecule has 4 rings (SSSR count). The van der Waals surface area contributed by atoms with Crippen LogP contribution in [-0.4, -0.2) is 48.7 Å². The molecular formula is C35H44ClN5O4S. The molecule has 46 heavy (non-hydrogen) atoms. The van der Waals surface area contributed by atoms with Gasteiger partial charge in [0, 0.05) is 21.0 Å². The first kappa shape index (κ1) is 35.2. The second-order valence-corrected chi connectivity index (χ2v) is 13.4. The molecule has 1 amide bonds. The Bertz CT molecular complexity index is 1580. The number of benzene rings is 3. The van der Waals surface area contributed by atoms with E-state index in [4.69, 9.17) is 22.1 Å². The highest BCUT2D eigenvalue weighted by atomic mass is 35.5. The number of para-hydroxylation sites is 1. The molecule has 0 radical (unpaired) electrons. The Morgan fingerprint density at radius 2 is 1.52 bits per heavy atom. The fraction of sp³-hybridized carbons (Fsp3) is 0.457. The van der Waals surface area contributed by atoms with Crippen LogP contribution >= 0.6 is 23.4 Å². The number of rotatable bonds is 19. The van der Waals surface area contributed by atoms with Crippen molar-refractivity contribution in [1.29, 1.82) is 0 Å². The van der Waals surface area contributed by atoms with Gasteiger partial charge in [0.2, 0.25) is 5.16 Å². The lowest BCUT2D eigenvalue weighted by atomic mass is 9.98. The SMILES string of the molecule is CCCCCCCCCCCC(CCC(C)Cl)OC(=O)c1c(C(N)=O)c(O)c2ccccc2c1Sc1nnnn1-c1ccccc1. The van der Waals surface area contributed by atoms with Gasteiger partial charge in [0.1, 0.15) is 11.9 Å². The van der Waals surface area contributed by atoms with E-state index in [0.29, 0.717) is 45.8 Å². The van der Waals surface area contributed by atoms with Crippen LogP contribution in [0.3, 0.4) is 0 Å². The summed E-state index contributed by atoms with van der Waals surface area (Å²) in [6.07, 6.45) is 12.1. The largest absolute Gasteiger partial charge is 0.506 e. The number of halogens is 1. The Labute approximate surface area is 280 Å². The van der Waals surface area contributed by atoms with E-state index in [1.165, 1.54) is 38.5 Å². The maximum atomic E-state index is 14.1. The van der Waals surface area contributed by atoms with Crippen LogP contribution in [0.2, 0.25) is 0 Å². The van der Waals surface area contributed by atoms with Gasteiger partial charge in [-0.15, -0.1) is 16.7 Å². The minimum atomic E-state index is -0.940. The Morgan fingerprint density at radius 3 is 2.17 bits per heavy atom. The molecular weight excluding hydrogens is 622 g/mol. The molecule has 246 valence electrons. The molecule has 11 heteroatoms. The number of hydrogen-bond acceptors (Lipinski definition) is 8. The van der Waals surface area contributed by atoms with Crippen LogP contribution in [0.25, 0.3) is 16.5 Å². The number of carbonyl (C=O) groups is 2. The summed E-state index contributed by atoms with van der Waals surface area (Å²) in [6.45, 7) is 4.14. The smallest absolute Gasteiger partial charge is 0.340 e. The van der Waals surface area contributed by atoms with Crippen molar-refractivity contribution in [1.82, 2.24) is 20.2 Å². The predicted octanol–water partition coefficient (Wildman–Crippen LogP) is 8.63. The lowest BCUT2D eigenvalue weighted by Gasteiger charge is -2.22. The highest BCUT2D eigenvalue weighted by molar-refractivity contribution is 7.99. The number of ether oxygens (including phenoxy) is 1. The van der Waals surface area contributed by atoms with Crippen molar-refractivity contribution in [3.05, 3.63) is 65.7 Å². The molecule has 0 aliphatic heterocycles. The molecule has 0 fully saturated rings. The van der Waals surface area contributed by atoms with E-state index in [9.17, 15) is 14.7 Å². The zero-order valence-electron chi connectivity index (χ0n) is 26.7. The van der Waals surface area contributed by atoms with Gasteiger partial charge in [-0.25, -0.2) is 4.79 Å². The molecule has 1 aromatic heterocycles. The quantitative estimate of drug-likeness (QED) is 0.0578. The van der Waals surface area contributed by atoms with Crippen LogP contribution in [0, 0.1) is 0 Å². The van der Waals surface area contributed by atoms with Gasteiger partial charge in [-0.3, -0.25) is 4.79 Å². The van der Waals surface area contributed by atoms with Crippen molar-refractivity contribution >= 4 is 46.0 Å². The predicted molar refractivity (Wildman–Crippen MR) is 183 cm³/mol. The van der Waals surface area contributed by atoms with E-state index < -0.39 is 18.0 Å². The number of nitrogens with zero attached hydrogens (tertiary/aromatic N) is 4. The number of alkyl halides is 1. The molecule has 2 atom stereocenters. The molecule has 2 unspecified atom stereocenters. The fourth-order valence-electron chi connectivity index (χ4n) is 5.57. The lowest BCUT2D eigenvalue weighted by Crippen LogP contribution is -2.24. The number of tetrazole rings is 1. The summed E-state index contributed by atoms with van der Waals surface area (Å²) in [4.78, 5) is 27.4. The molecule has 0 saturated carbocycles. The van der Waals surface area contributed by atoms with Gasteiger partial charge in [-0.05, 0) is 66.9 Å². The molecule has 3 aromatic carbocycles. The van der Waals surface area contributed by atoms with Gasteiger partial charge < -0.3 is 15.6 Å². The number of aromatic hydroxyl groups is 1. The Morgan fingerprint density at radius 1 is 0.891 bits per heavy atom. The molecule has 0 aliphatic rings. The number of hydrogen-bond donors (Lipinski definition) is 2. The number of unbranched alkanes of at least 4 members (excludes halogenated alkanes) is 8. The summed E-state index contributed by atoms with van der Waals surface area (Å²) in [6, 6.07) is 16.3.